The van der Waals surface area contributed by atoms with Crippen molar-refractivity contribution in [2.24, 2.45) is 0 Å². The van der Waals surface area contributed by atoms with Crippen LogP contribution in [0.15, 0.2) is 24.3 Å². The van der Waals surface area contributed by atoms with Crippen LogP contribution in [-0.2, 0) is 16.6 Å². The van der Waals surface area contributed by atoms with E-state index in [0.29, 0.717) is 0 Å². The molecule has 0 aromatic heterocycles. The molecule has 0 saturated carbocycles. The van der Waals surface area contributed by atoms with E-state index in [1.807, 2.05) is 25.1 Å². The van der Waals surface area contributed by atoms with Crippen molar-refractivity contribution in [3.63, 3.8) is 0 Å². The molecule has 1 atom stereocenters. The molecule has 2 heteroatoms. The molecule has 2 nitrogen and oxygen atoms in total. The number of carboxylic acid groups (broad SMARTS) is 1. The van der Waals surface area contributed by atoms with Gasteiger partial charge in [0.15, 0.2) is 0 Å². The summed E-state index contributed by atoms with van der Waals surface area (Å²) in [6.07, 6.45) is 3.33. The Morgan fingerprint density at radius 2 is 2.20 bits per heavy atom. The summed E-state index contributed by atoms with van der Waals surface area (Å²) >= 11 is 0. The van der Waals surface area contributed by atoms with Gasteiger partial charge in [0.25, 0.3) is 0 Å². The van der Waals surface area contributed by atoms with E-state index in [0.717, 1.165) is 31.2 Å². The molecule has 0 amide bonds. The summed E-state index contributed by atoms with van der Waals surface area (Å²) in [6.45, 7) is 2.05. The molecule has 0 heterocycles. The van der Waals surface area contributed by atoms with Crippen molar-refractivity contribution in [3.05, 3.63) is 35.4 Å². The molecule has 0 spiro atoms. The maximum absolute atomic E-state index is 11.5. The zero-order valence-corrected chi connectivity index (χ0v) is 8.99. The molecule has 2 rings (SSSR count). The van der Waals surface area contributed by atoms with E-state index in [2.05, 4.69) is 6.07 Å². The second-order valence-corrected chi connectivity index (χ2v) is 4.29. The number of rotatable bonds is 3. The lowest BCUT2D eigenvalue weighted by Gasteiger charge is -2.24. The highest BCUT2D eigenvalue weighted by atomic mass is 16.4. The zero-order chi connectivity index (χ0) is 10.9. The van der Waals surface area contributed by atoms with E-state index in [4.69, 9.17) is 0 Å². The lowest BCUT2D eigenvalue weighted by molar-refractivity contribution is -0.144. The minimum Gasteiger partial charge on any atom is -0.481 e. The van der Waals surface area contributed by atoms with E-state index in [1.165, 1.54) is 5.56 Å². The summed E-state index contributed by atoms with van der Waals surface area (Å²) in [6, 6.07) is 7.96. The topological polar surface area (TPSA) is 37.3 Å². The molecule has 0 bridgehead atoms. The highest BCUT2D eigenvalue weighted by molar-refractivity contribution is 5.83. The molecule has 0 fully saturated rings. The molecule has 0 saturated heterocycles. The number of aliphatic carboxylic acids is 1. The predicted molar refractivity (Wildman–Crippen MR) is 59.0 cm³/mol. The third kappa shape index (κ3) is 1.44. The Morgan fingerprint density at radius 3 is 2.87 bits per heavy atom. The molecular formula is C13H16O2. The fourth-order valence-electron chi connectivity index (χ4n) is 2.70. The summed E-state index contributed by atoms with van der Waals surface area (Å²) in [7, 11) is 0. The minimum absolute atomic E-state index is 0.606. The van der Waals surface area contributed by atoms with Crippen LogP contribution in [0, 0.1) is 0 Å². The molecular weight excluding hydrogens is 188 g/mol. The Morgan fingerprint density at radius 1 is 1.47 bits per heavy atom. The lowest BCUT2D eigenvalue weighted by Crippen LogP contribution is -2.33. The van der Waals surface area contributed by atoms with Gasteiger partial charge in [-0.25, -0.2) is 0 Å². The monoisotopic (exact) mass is 204 g/mol. The Labute approximate surface area is 89.9 Å². The van der Waals surface area contributed by atoms with Crippen LogP contribution in [0.3, 0.4) is 0 Å². The zero-order valence-electron chi connectivity index (χ0n) is 8.99. The fourth-order valence-corrected chi connectivity index (χ4v) is 2.70. The largest absolute Gasteiger partial charge is 0.481 e. The van der Waals surface area contributed by atoms with Gasteiger partial charge >= 0.3 is 5.97 Å². The molecule has 0 aliphatic heterocycles. The van der Waals surface area contributed by atoms with Gasteiger partial charge in [0, 0.05) is 0 Å². The van der Waals surface area contributed by atoms with Crippen LogP contribution < -0.4 is 0 Å². The maximum Gasteiger partial charge on any atom is 0.314 e. The van der Waals surface area contributed by atoms with Crippen molar-refractivity contribution in [1.82, 2.24) is 0 Å². The van der Waals surface area contributed by atoms with E-state index in [-0.39, 0.29) is 0 Å². The van der Waals surface area contributed by atoms with Crippen LogP contribution in [0.4, 0.5) is 0 Å². The first-order chi connectivity index (χ1) is 7.20. The van der Waals surface area contributed by atoms with Crippen LogP contribution in [0.5, 0.6) is 0 Å². The quantitative estimate of drug-likeness (QED) is 0.822. The van der Waals surface area contributed by atoms with Crippen LogP contribution in [0.2, 0.25) is 0 Å². The van der Waals surface area contributed by atoms with Gasteiger partial charge in [-0.15, -0.1) is 0 Å². The fraction of sp³-hybridized carbons (Fsp3) is 0.462. The number of aryl methyl sites for hydroxylation is 1. The van der Waals surface area contributed by atoms with Gasteiger partial charge in [-0.1, -0.05) is 37.6 Å². The average molecular weight is 204 g/mol. The standard InChI is InChI=1S/C13H16O2/c1-2-8-13(12(14)15)9-7-10-5-3-4-6-11(10)13/h3-6H,2,7-9H2,1H3,(H,14,15). The van der Waals surface area contributed by atoms with Crippen LogP contribution in [-0.4, -0.2) is 11.1 Å². The number of fused-ring (bicyclic) bond motifs is 1. The van der Waals surface area contributed by atoms with Crippen LogP contribution >= 0.6 is 0 Å². The predicted octanol–water partition coefficient (Wildman–Crippen LogP) is 2.76. The summed E-state index contributed by atoms with van der Waals surface area (Å²) in [5.41, 5.74) is 1.65. The Bertz CT molecular complexity index is 380. The Kier molecular flexibility index (Phi) is 2.51. The summed E-state index contributed by atoms with van der Waals surface area (Å²) in [5, 5.41) is 9.44. The van der Waals surface area contributed by atoms with Crippen LogP contribution in [0.25, 0.3) is 0 Å². The summed E-state index contributed by atoms with van der Waals surface area (Å²) in [5.74, 6) is -0.658. The maximum atomic E-state index is 11.5. The van der Waals surface area contributed by atoms with E-state index >= 15 is 0 Å². The van der Waals surface area contributed by atoms with Crippen molar-refractivity contribution >= 4 is 5.97 Å². The van der Waals surface area contributed by atoms with E-state index < -0.39 is 11.4 Å². The van der Waals surface area contributed by atoms with Gasteiger partial charge in [-0.05, 0) is 30.4 Å². The van der Waals surface area contributed by atoms with Gasteiger partial charge < -0.3 is 5.11 Å². The lowest BCUT2D eigenvalue weighted by atomic mass is 9.78. The van der Waals surface area contributed by atoms with Gasteiger partial charge in [0.2, 0.25) is 0 Å². The Balaban J connectivity index is 2.49. The van der Waals surface area contributed by atoms with E-state index in [1.54, 1.807) is 0 Å². The minimum atomic E-state index is -0.658. The number of hydrogen-bond donors (Lipinski definition) is 1. The van der Waals surface area contributed by atoms with Crippen molar-refractivity contribution < 1.29 is 9.90 Å². The average Bonchev–Trinajstić information content (AvgIpc) is 2.60. The van der Waals surface area contributed by atoms with Gasteiger partial charge in [0.1, 0.15) is 0 Å². The smallest absolute Gasteiger partial charge is 0.314 e. The SMILES string of the molecule is CCCC1(C(=O)O)CCc2ccccc21. The van der Waals surface area contributed by atoms with Gasteiger partial charge in [0.05, 0.1) is 5.41 Å². The Hall–Kier alpha value is -1.31. The number of carboxylic acids is 1. The van der Waals surface area contributed by atoms with Crippen molar-refractivity contribution in [2.45, 2.75) is 38.0 Å². The molecule has 1 unspecified atom stereocenters. The van der Waals surface area contributed by atoms with Gasteiger partial charge in [-0.2, -0.15) is 0 Å². The molecule has 15 heavy (non-hydrogen) atoms. The van der Waals surface area contributed by atoms with Crippen molar-refractivity contribution in [3.8, 4) is 0 Å². The number of hydrogen-bond acceptors (Lipinski definition) is 1. The first-order valence-corrected chi connectivity index (χ1v) is 5.52. The normalized spacial score (nSPS) is 23.8. The third-order valence-corrected chi connectivity index (χ3v) is 3.44. The first-order valence-electron chi connectivity index (χ1n) is 5.52. The highest BCUT2D eigenvalue weighted by Crippen LogP contribution is 2.42. The van der Waals surface area contributed by atoms with Crippen molar-refractivity contribution in [1.29, 1.82) is 0 Å². The number of benzene rings is 1. The molecule has 80 valence electrons. The van der Waals surface area contributed by atoms with E-state index in [9.17, 15) is 9.90 Å². The van der Waals surface area contributed by atoms with Gasteiger partial charge in [-0.3, -0.25) is 4.79 Å². The summed E-state index contributed by atoms with van der Waals surface area (Å²) in [4.78, 5) is 11.5. The molecule has 1 aliphatic rings. The molecule has 1 aromatic carbocycles. The first kappa shape index (κ1) is 10.2. The number of carbonyl (C=O) groups is 1. The summed E-state index contributed by atoms with van der Waals surface area (Å²) < 4.78 is 0. The highest BCUT2D eigenvalue weighted by Gasteiger charge is 2.44. The molecule has 1 N–H and O–H groups in total. The second-order valence-electron chi connectivity index (χ2n) is 4.29. The molecule has 1 aromatic rings. The molecule has 1 aliphatic carbocycles. The van der Waals surface area contributed by atoms with Crippen molar-refractivity contribution in [2.75, 3.05) is 0 Å². The third-order valence-electron chi connectivity index (χ3n) is 3.44. The van der Waals surface area contributed by atoms with Crippen LogP contribution in [0.1, 0.15) is 37.3 Å². The second kappa shape index (κ2) is 3.69. The molecule has 0 radical (unpaired) electrons.